The highest BCUT2D eigenvalue weighted by Gasteiger charge is 2.12. The van der Waals surface area contributed by atoms with Crippen molar-refractivity contribution in [2.24, 2.45) is 0 Å². The molecular weight excluding hydrogens is 298 g/mol. The molecule has 118 valence electrons. The summed E-state index contributed by atoms with van der Waals surface area (Å²) >= 11 is 1.67. The molecule has 0 spiro atoms. The van der Waals surface area contributed by atoms with Gasteiger partial charge in [0.25, 0.3) is 5.91 Å². The largest absolute Gasteiger partial charge is 0.494 e. The Labute approximate surface area is 135 Å². The summed E-state index contributed by atoms with van der Waals surface area (Å²) in [6.45, 7) is 5.28. The molecule has 1 heterocycles. The average Bonchev–Trinajstić information content (AvgIpc) is 2.91. The highest BCUT2D eigenvalue weighted by Crippen LogP contribution is 2.19. The molecule has 5 heteroatoms. The molecule has 0 aliphatic rings. The number of carbonyl (C=O) groups is 1. The Balaban J connectivity index is 1.82. The number of benzene rings is 1. The number of carbonyl (C=O) groups excluding carboxylic acids is 1. The molecule has 0 saturated carbocycles. The van der Waals surface area contributed by atoms with Crippen LogP contribution < -0.4 is 9.47 Å². The van der Waals surface area contributed by atoms with E-state index in [1.165, 1.54) is 10.4 Å². The van der Waals surface area contributed by atoms with Gasteiger partial charge in [0.05, 0.1) is 13.2 Å². The number of thiophene rings is 1. The molecule has 0 aliphatic heterocycles. The highest BCUT2D eigenvalue weighted by molar-refractivity contribution is 7.10. The first-order valence-electron chi connectivity index (χ1n) is 7.22. The number of hydrogen-bond donors (Lipinski definition) is 0. The maximum atomic E-state index is 12.1. The van der Waals surface area contributed by atoms with Crippen LogP contribution in [-0.2, 0) is 11.3 Å². The van der Waals surface area contributed by atoms with E-state index < -0.39 is 0 Å². The summed E-state index contributed by atoms with van der Waals surface area (Å²) in [6.07, 6.45) is 0. The normalized spacial score (nSPS) is 10.3. The summed E-state index contributed by atoms with van der Waals surface area (Å²) in [6, 6.07) is 9.35. The van der Waals surface area contributed by atoms with Crippen LogP contribution in [0.1, 0.15) is 17.4 Å². The van der Waals surface area contributed by atoms with E-state index in [0.717, 1.165) is 5.75 Å². The molecule has 1 aromatic carbocycles. The van der Waals surface area contributed by atoms with Crippen molar-refractivity contribution in [2.75, 3.05) is 20.3 Å². The molecule has 2 aromatic rings. The Hall–Kier alpha value is -2.01. The lowest BCUT2D eigenvalue weighted by Crippen LogP contribution is -2.30. The van der Waals surface area contributed by atoms with Gasteiger partial charge >= 0.3 is 0 Å². The van der Waals surface area contributed by atoms with Crippen molar-refractivity contribution < 1.29 is 14.3 Å². The maximum absolute atomic E-state index is 12.1. The number of amides is 1. The van der Waals surface area contributed by atoms with Gasteiger partial charge in [-0.3, -0.25) is 4.79 Å². The van der Waals surface area contributed by atoms with Crippen LogP contribution in [0, 0.1) is 6.92 Å². The number of nitrogens with zero attached hydrogens (tertiary/aromatic N) is 1. The predicted molar refractivity (Wildman–Crippen MR) is 88.6 cm³/mol. The topological polar surface area (TPSA) is 38.8 Å². The van der Waals surface area contributed by atoms with Gasteiger partial charge in [0.2, 0.25) is 0 Å². The summed E-state index contributed by atoms with van der Waals surface area (Å²) < 4.78 is 10.9. The minimum absolute atomic E-state index is 0.0366. The van der Waals surface area contributed by atoms with Crippen LogP contribution in [0.5, 0.6) is 11.5 Å². The van der Waals surface area contributed by atoms with Crippen molar-refractivity contribution in [3.8, 4) is 11.5 Å². The van der Waals surface area contributed by atoms with Gasteiger partial charge < -0.3 is 14.4 Å². The Morgan fingerprint density at radius 2 is 1.77 bits per heavy atom. The highest BCUT2D eigenvalue weighted by atomic mass is 32.1. The zero-order valence-electron chi connectivity index (χ0n) is 13.2. The lowest BCUT2D eigenvalue weighted by molar-refractivity contribution is -0.132. The van der Waals surface area contributed by atoms with E-state index in [-0.39, 0.29) is 12.5 Å². The molecule has 0 saturated heterocycles. The van der Waals surface area contributed by atoms with Crippen molar-refractivity contribution in [3.63, 3.8) is 0 Å². The number of likely N-dealkylation sites (N-methyl/N-ethyl adjacent to an activating group) is 1. The third kappa shape index (κ3) is 4.49. The van der Waals surface area contributed by atoms with Crippen LogP contribution in [0.15, 0.2) is 35.7 Å². The van der Waals surface area contributed by atoms with Crippen LogP contribution in [0.4, 0.5) is 0 Å². The Kier molecular flexibility index (Phi) is 5.83. The fourth-order valence-electron chi connectivity index (χ4n) is 1.92. The molecule has 1 aromatic heterocycles. The molecule has 0 bridgehead atoms. The number of hydrogen-bond acceptors (Lipinski definition) is 4. The van der Waals surface area contributed by atoms with Gasteiger partial charge in [-0.15, -0.1) is 11.3 Å². The van der Waals surface area contributed by atoms with E-state index in [9.17, 15) is 4.79 Å². The molecule has 2 rings (SSSR count). The van der Waals surface area contributed by atoms with Crippen molar-refractivity contribution in [1.29, 1.82) is 0 Å². The van der Waals surface area contributed by atoms with Crippen LogP contribution in [-0.4, -0.2) is 31.1 Å². The van der Waals surface area contributed by atoms with Crippen LogP contribution in [0.2, 0.25) is 0 Å². The second-order valence-corrected chi connectivity index (χ2v) is 5.97. The van der Waals surface area contributed by atoms with E-state index >= 15 is 0 Å². The van der Waals surface area contributed by atoms with E-state index in [1.54, 1.807) is 23.3 Å². The maximum Gasteiger partial charge on any atom is 0.260 e. The fraction of sp³-hybridized carbons (Fsp3) is 0.353. The summed E-state index contributed by atoms with van der Waals surface area (Å²) in [5.41, 5.74) is 1.22. The molecule has 0 atom stereocenters. The zero-order valence-corrected chi connectivity index (χ0v) is 14.0. The zero-order chi connectivity index (χ0) is 15.9. The minimum atomic E-state index is -0.0401. The third-order valence-electron chi connectivity index (χ3n) is 3.27. The first-order chi connectivity index (χ1) is 10.6. The van der Waals surface area contributed by atoms with Gasteiger partial charge in [-0.25, -0.2) is 0 Å². The Morgan fingerprint density at radius 1 is 1.14 bits per heavy atom. The molecule has 22 heavy (non-hydrogen) atoms. The summed E-state index contributed by atoms with van der Waals surface area (Å²) in [5, 5.41) is 2.04. The van der Waals surface area contributed by atoms with Gasteiger partial charge in [0.15, 0.2) is 6.61 Å². The molecule has 0 aliphatic carbocycles. The number of ether oxygens (including phenoxy) is 2. The number of rotatable bonds is 7. The van der Waals surface area contributed by atoms with Gasteiger partial charge in [0.1, 0.15) is 11.5 Å². The smallest absolute Gasteiger partial charge is 0.260 e. The molecule has 4 nitrogen and oxygen atoms in total. The first-order valence-corrected chi connectivity index (χ1v) is 8.10. The fourth-order valence-corrected chi connectivity index (χ4v) is 2.88. The van der Waals surface area contributed by atoms with Gasteiger partial charge in [-0.2, -0.15) is 0 Å². The van der Waals surface area contributed by atoms with Gasteiger partial charge in [0, 0.05) is 11.9 Å². The first kappa shape index (κ1) is 16.4. The number of aryl methyl sites for hydroxylation is 1. The second kappa shape index (κ2) is 7.84. The quantitative estimate of drug-likeness (QED) is 0.784. The van der Waals surface area contributed by atoms with E-state index in [0.29, 0.717) is 18.9 Å². The monoisotopic (exact) mass is 319 g/mol. The van der Waals surface area contributed by atoms with Crippen molar-refractivity contribution in [1.82, 2.24) is 4.90 Å². The Morgan fingerprint density at radius 3 is 2.32 bits per heavy atom. The minimum Gasteiger partial charge on any atom is -0.494 e. The lowest BCUT2D eigenvalue weighted by Gasteiger charge is -2.17. The Bertz CT molecular complexity index is 607. The molecule has 0 N–H and O–H groups in total. The second-order valence-electron chi connectivity index (χ2n) is 4.97. The summed E-state index contributed by atoms with van der Waals surface area (Å²) in [4.78, 5) is 15.0. The van der Waals surface area contributed by atoms with Gasteiger partial charge in [-0.05, 0) is 55.1 Å². The SMILES string of the molecule is CCOc1ccc(OCC(=O)N(C)Cc2sccc2C)cc1. The molecule has 0 fully saturated rings. The third-order valence-corrected chi connectivity index (χ3v) is 4.28. The van der Waals surface area contributed by atoms with Gasteiger partial charge in [-0.1, -0.05) is 0 Å². The average molecular weight is 319 g/mol. The summed E-state index contributed by atoms with van der Waals surface area (Å²) in [5.74, 6) is 1.42. The molecular formula is C17H21NO3S. The van der Waals surface area contributed by atoms with Crippen LogP contribution >= 0.6 is 11.3 Å². The summed E-state index contributed by atoms with van der Waals surface area (Å²) in [7, 11) is 1.79. The lowest BCUT2D eigenvalue weighted by atomic mass is 10.3. The molecule has 1 amide bonds. The molecule has 0 radical (unpaired) electrons. The van der Waals surface area contributed by atoms with E-state index in [4.69, 9.17) is 9.47 Å². The molecule has 0 unspecified atom stereocenters. The van der Waals surface area contributed by atoms with Crippen LogP contribution in [0.3, 0.4) is 0 Å². The van der Waals surface area contributed by atoms with Crippen molar-refractivity contribution in [3.05, 3.63) is 46.2 Å². The van der Waals surface area contributed by atoms with E-state index in [1.807, 2.05) is 36.6 Å². The standard InChI is InChI=1S/C17H21NO3S/c1-4-20-14-5-7-15(8-6-14)21-12-17(19)18(3)11-16-13(2)9-10-22-16/h5-10H,4,11-12H2,1-3H3. The van der Waals surface area contributed by atoms with Crippen molar-refractivity contribution >= 4 is 17.2 Å². The van der Waals surface area contributed by atoms with Crippen molar-refractivity contribution in [2.45, 2.75) is 20.4 Å². The van der Waals surface area contributed by atoms with Crippen LogP contribution in [0.25, 0.3) is 0 Å². The van der Waals surface area contributed by atoms with E-state index in [2.05, 4.69) is 13.0 Å². The predicted octanol–water partition coefficient (Wildman–Crippen LogP) is 3.49.